The fraction of sp³-hybridized carbons (Fsp3) is 0.571. The summed E-state index contributed by atoms with van der Waals surface area (Å²) < 4.78 is 0. The third-order valence-electron chi connectivity index (χ3n) is 3.67. The molecule has 2 heterocycles. The maximum atomic E-state index is 12.6. The van der Waals surface area contributed by atoms with Gasteiger partial charge in [-0.3, -0.25) is 14.9 Å². The number of nitro groups is 1. The van der Waals surface area contributed by atoms with Crippen LogP contribution in [0.4, 0.5) is 11.5 Å². The smallest absolute Gasteiger partial charge is 0.288 e. The fourth-order valence-electron chi connectivity index (χ4n) is 2.49. The number of anilines is 1. The van der Waals surface area contributed by atoms with Crippen LogP contribution >= 0.6 is 0 Å². The maximum absolute atomic E-state index is 12.6. The van der Waals surface area contributed by atoms with Gasteiger partial charge in [-0.2, -0.15) is 0 Å². The molecule has 1 N–H and O–H groups in total. The first kappa shape index (κ1) is 15.2. The number of rotatable bonds is 5. The highest BCUT2D eigenvalue weighted by Gasteiger charge is 2.29. The van der Waals surface area contributed by atoms with Crippen molar-refractivity contribution in [2.75, 3.05) is 18.4 Å². The number of hydrogen-bond donors (Lipinski definition) is 1. The van der Waals surface area contributed by atoms with Crippen molar-refractivity contribution in [2.24, 2.45) is 0 Å². The van der Waals surface area contributed by atoms with E-state index in [0.717, 1.165) is 19.3 Å². The third kappa shape index (κ3) is 3.29. The van der Waals surface area contributed by atoms with Gasteiger partial charge in [0.25, 0.3) is 11.6 Å². The first-order valence-corrected chi connectivity index (χ1v) is 7.24. The maximum Gasteiger partial charge on any atom is 0.288 e. The lowest BCUT2D eigenvalue weighted by atomic mass is 10.2. The van der Waals surface area contributed by atoms with Crippen LogP contribution in [0.2, 0.25) is 0 Å². The lowest BCUT2D eigenvalue weighted by Gasteiger charge is -2.22. The van der Waals surface area contributed by atoms with E-state index in [2.05, 4.69) is 10.3 Å². The van der Waals surface area contributed by atoms with Crippen LogP contribution in [-0.4, -0.2) is 39.8 Å². The van der Waals surface area contributed by atoms with Gasteiger partial charge in [0.15, 0.2) is 0 Å². The van der Waals surface area contributed by atoms with Crippen LogP contribution in [0.15, 0.2) is 12.3 Å². The second kappa shape index (κ2) is 6.51. The van der Waals surface area contributed by atoms with Gasteiger partial charge in [-0.25, -0.2) is 4.98 Å². The molecule has 7 heteroatoms. The van der Waals surface area contributed by atoms with E-state index < -0.39 is 4.92 Å². The predicted octanol–water partition coefficient (Wildman–Crippen LogP) is 2.44. The SMILES string of the molecule is CCCNc1ncc([N+](=O)[O-])cc1C(=O)N1CCCC1C. The quantitative estimate of drug-likeness (QED) is 0.665. The number of hydrogen-bond acceptors (Lipinski definition) is 5. The Labute approximate surface area is 123 Å². The van der Waals surface area contributed by atoms with Crippen LogP contribution in [0.3, 0.4) is 0 Å². The summed E-state index contributed by atoms with van der Waals surface area (Å²) in [5.74, 6) is 0.237. The summed E-state index contributed by atoms with van der Waals surface area (Å²) in [6.07, 6.45) is 3.99. The Hall–Kier alpha value is -2.18. The Morgan fingerprint density at radius 3 is 2.95 bits per heavy atom. The highest BCUT2D eigenvalue weighted by Crippen LogP contribution is 2.25. The number of amides is 1. The monoisotopic (exact) mass is 292 g/mol. The molecule has 1 atom stereocenters. The molecular weight excluding hydrogens is 272 g/mol. The fourth-order valence-corrected chi connectivity index (χ4v) is 2.49. The molecule has 0 bridgehead atoms. The molecule has 1 aromatic heterocycles. The zero-order chi connectivity index (χ0) is 15.4. The van der Waals surface area contributed by atoms with Gasteiger partial charge < -0.3 is 10.2 Å². The minimum absolute atomic E-state index is 0.160. The van der Waals surface area contributed by atoms with E-state index in [1.165, 1.54) is 12.3 Å². The molecule has 0 aliphatic carbocycles. The van der Waals surface area contributed by atoms with E-state index in [1.807, 2.05) is 13.8 Å². The minimum Gasteiger partial charge on any atom is -0.369 e. The van der Waals surface area contributed by atoms with Crippen molar-refractivity contribution in [1.82, 2.24) is 9.88 Å². The Bertz CT molecular complexity index is 547. The number of aromatic nitrogens is 1. The van der Waals surface area contributed by atoms with Crippen LogP contribution < -0.4 is 5.32 Å². The summed E-state index contributed by atoms with van der Waals surface area (Å²) in [6.45, 7) is 5.35. The van der Waals surface area contributed by atoms with Crippen LogP contribution in [0, 0.1) is 10.1 Å². The zero-order valence-corrected chi connectivity index (χ0v) is 12.3. The molecule has 1 aliphatic heterocycles. The molecular formula is C14H20N4O3. The summed E-state index contributed by atoms with van der Waals surface area (Å²) >= 11 is 0. The van der Waals surface area contributed by atoms with Gasteiger partial charge in [0.2, 0.25) is 0 Å². The largest absolute Gasteiger partial charge is 0.369 e. The first-order chi connectivity index (χ1) is 10.0. The standard InChI is InChI=1S/C14H20N4O3/c1-3-6-15-13-12(8-11(9-16-13)18(20)21)14(19)17-7-4-5-10(17)2/h8-10H,3-7H2,1-2H3,(H,15,16). The summed E-state index contributed by atoms with van der Waals surface area (Å²) in [5, 5.41) is 14.0. The van der Waals surface area contributed by atoms with Crippen molar-refractivity contribution in [3.05, 3.63) is 27.9 Å². The number of carbonyl (C=O) groups excluding carboxylic acids is 1. The van der Waals surface area contributed by atoms with Crippen molar-refractivity contribution in [2.45, 2.75) is 39.2 Å². The molecule has 0 spiro atoms. The van der Waals surface area contributed by atoms with Crippen molar-refractivity contribution in [3.63, 3.8) is 0 Å². The Morgan fingerprint density at radius 1 is 1.62 bits per heavy atom. The number of pyridine rings is 1. The second-order valence-corrected chi connectivity index (χ2v) is 5.26. The normalized spacial score (nSPS) is 17.8. The molecule has 114 valence electrons. The van der Waals surface area contributed by atoms with E-state index in [9.17, 15) is 14.9 Å². The molecule has 7 nitrogen and oxygen atoms in total. The molecule has 0 aromatic carbocycles. The molecule has 1 fully saturated rings. The molecule has 1 aromatic rings. The average Bonchev–Trinajstić information content (AvgIpc) is 2.90. The summed E-state index contributed by atoms with van der Waals surface area (Å²) in [7, 11) is 0. The number of nitrogens with one attached hydrogen (secondary N) is 1. The molecule has 0 saturated carbocycles. The first-order valence-electron chi connectivity index (χ1n) is 7.24. The lowest BCUT2D eigenvalue weighted by Crippen LogP contribution is -2.34. The van der Waals surface area contributed by atoms with Gasteiger partial charge in [0.05, 0.1) is 10.5 Å². The van der Waals surface area contributed by atoms with Gasteiger partial charge in [-0.15, -0.1) is 0 Å². The average molecular weight is 292 g/mol. The second-order valence-electron chi connectivity index (χ2n) is 5.26. The predicted molar refractivity (Wildman–Crippen MR) is 79.4 cm³/mol. The van der Waals surface area contributed by atoms with Crippen LogP contribution in [0.5, 0.6) is 0 Å². The minimum atomic E-state index is -0.527. The number of carbonyl (C=O) groups is 1. The molecule has 21 heavy (non-hydrogen) atoms. The molecule has 1 unspecified atom stereocenters. The van der Waals surface area contributed by atoms with Gasteiger partial charge in [0.1, 0.15) is 12.0 Å². The summed E-state index contributed by atoms with van der Waals surface area (Å²) in [5.41, 5.74) is 0.124. The summed E-state index contributed by atoms with van der Waals surface area (Å²) in [4.78, 5) is 28.8. The Balaban J connectivity index is 2.34. The molecule has 1 aliphatic rings. The van der Waals surface area contributed by atoms with Crippen molar-refractivity contribution >= 4 is 17.4 Å². The third-order valence-corrected chi connectivity index (χ3v) is 3.67. The number of likely N-dealkylation sites (tertiary alicyclic amines) is 1. The Kier molecular flexibility index (Phi) is 4.72. The van der Waals surface area contributed by atoms with Crippen LogP contribution in [0.1, 0.15) is 43.5 Å². The van der Waals surface area contributed by atoms with Crippen molar-refractivity contribution < 1.29 is 9.72 Å². The molecule has 1 amide bonds. The highest BCUT2D eigenvalue weighted by molar-refractivity contribution is 5.99. The van der Waals surface area contributed by atoms with E-state index in [0.29, 0.717) is 18.9 Å². The van der Waals surface area contributed by atoms with Crippen LogP contribution in [0.25, 0.3) is 0 Å². The van der Waals surface area contributed by atoms with Gasteiger partial charge >= 0.3 is 0 Å². The van der Waals surface area contributed by atoms with Gasteiger partial charge in [0, 0.05) is 25.2 Å². The molecule has 0 radical (unpaired) electrons. The van der Waals surface area contributed by atoms with Gasteiger partial charge in [-0.1, -0.05) is 6.92 Å². The summed E-state index contributed by atoms with van der Waals surface area (Å²) in [6, 6.07) is 1.48. The van der Waals surface area contributed by atoms with E-state index in [1.54, 1.807) is 4.90 Å². The topological polar surface area (TPSA) is 88.4 Å². The van der Waals surface area contributed by atoms with E-state index in [-0.39, 0.29) is 23.2 Å². The molecule has 2 rings (SSSR count). The lowest BCUT2D eigenvalue weighted by molar-refractivity contribution is -0.385. The molecule has 1 saturated heterocycles. The van der Waals surface area contributed by atoms with E-state index in [4.69, 9.17) is 0 Å². The number of nitrogens with zero attached hydrogens (tertiary/aromatic N) is 3. The van der Waals surface area contributed by atoms with Crippen molar-refractivity contribution in [3.8, 4) is 0 Å². The van der Waals surface area contributed by atoms with Gasteiger partial charge in [-0.05, 0) is 26.2 Å². The Morgan fingerprint density at radius 2 is 2.38 bits per heavy atom. The zero-order valence-electron chi connectivity index (χ0n) is 12.3. The highest BCUT2D eigenvalue weighted by atomic mass is 16.6. The van der Waals surface area contributed by atoms with Crippen molar-refractivity contribution in [1.29, 1.82) is 0 Å². The van der Waals surface area contributed by atoms with E-state index >= 15 is 0 Å². The van der Waals surface area contributed by atoms with Crippen LogP contribution in [-0.2, 0) is 0 Å².